The number of amidine groups is 1. The molecular weight excluding hydrogens is 432 g/mol. The summed E-state index contributed by atoms with van der Waals surface area (Å²) in [5.41, 5.74) is 2.81. The van der Waals surface area contributed by atoms with Crippen LogP contribution in [0.25, 0.3) is 0 Å². The van der Waals surface area contributed by atoms with E-state index < -0.39 is 11.9 Å². The van der Waals surface area contributed by atoms with E-state index in [-0.39, 0.29) is 24.7 Å². The summed E-state index contributed by atoms with van der Waals surface area (Å²) in [4.78, 5) is 53.3. The summed E-state index contributed by atoms with van der Waals surface area (Å²) in [5, 5.41) is 5.67. The predicted molar refractivity (Wildman–Crippen MR) is 121 cm³/mol. The Kier molecular flexibility index (Phi) is 7.37. The fourth-order valence-corrected chi connectivity index (χ4v) is 3.54. The molecular formula is C23H23ClN4O4. The van der Waals surface area contributed by atoms with E-state index in [9.17, 15) is 19.2 Å². The Balaban J connectivity index is 1.75. The number of piperidine rings is 1. The lowest BCUT2D eigenvalue weighted by Crippen LogP contribution is -2.53. The van der Waals surface area contributed by atoms with Crippen LogP contribution in [0.15, 0.2) is 47.5 Å². The SMILES string of the molecule is CC(=Nc1cccc(CNC(=O)c2ccc(Cl)cc2)c1C)N(C=O)C1CCC(=O)NC1=O. The van der Waals surface area contributed by atoms with Crippen molar-refractivity contribution in [3.63, 3.8) is 0 Å². The molecule has 3 rings (SSSR count). The highest BCUT2D eigenvalue weighted by atomic mass is 35.5. The van der Waals surface area contributed by atoms with Crippen molar-refractivity contribution in [2.45, 2.75) is 39.3 Å². The van der Waals surface area contributed by atoms with Crippen LogP contribution in [0.1, 0.15) is 41.3 Å². The number of nitrogens with one attached hydrogen (secondary N) is 2. The van der Waals surface area contributed by atoms with Gasteiger partial charge in [-0.1, -0.05) is 23.7 Å². The number of imide groups is 1. The molecule has 1 atom stereocenters. The lowest BCUT2D eigenvalue weighted by molar-refractivity contribution is -0.138. The number of benzene rings is 2. The maximum absolute atomic E-state index is 12.4. The largest absolute Gasteiger partial charge is 0.348 e. The molecule has 32 heavy (non-hydrogen) atoms. The van der Waals surface area contributed by atoms with Crippen molar-refractivity contribution >= 4 is 47.3 Å². The van der Waals surface area contributed by atoms with Gasteiger partial charge in [-0.25, -0.2) is 4.99 Å². The van der Waals surface area contributed by atoms with Crippen molar-refractivity contribution < 1.29 is 19.2 Å². The van der Waals surface area contributed by atoms with Crippen molar-refractivity contribution in [3.8, 4) is 0 Å². The topological polar surface area (TPSA) is 108 Å². The summed E-state index contributed by atoms with van der Waals surface area (Å²) in [6.07, 6.45) is 0.951. The van der Waals surface area contributed by atoms with Crippen molar-refractivity contribution in [2.75, 3.05) is 0 Å². The van der Waals surface area contributed by atoms with E-state index in [1.54, 1.807) is 43.3 Å². The monoisotopic (exact) mass is 454 g/mol. The molecule has 0 radical (unpaired) electrons. The molecule has 166 valence electrons. The zero-order valence-corrected chi connectivity index (χ0v) is 18.5. The second-order valence-electron chi connectivity index (χ2n) is 7.39. The molecule has 0 aliphatic carbocycles. The Morgan fingerprint density at radius 1 is 1.25 bits per heavy atom. The molecule has 8 nitrogen and oxygen atoms in total. The molecule has 2 N–H and O–H groups in total. The molecule has 2 aromatic rings. The number of amides is 4. The van der Waals surface area contributed by atoms with Crippen molar-refractivity contribution in [1.82, 2.24) is 15.5 Å². The first kappa shape index (κ1) is 23.1. The molecule has 1 heterocycles. The van der Waals surface area contributed by atoms with E-state index in [4.69, 9.17) is 11.6 Å². The minimum Gasteiger partial charge on any atom is -0.348 e. The van der Waals surface area contributed by atoms with Gasteiger partial charge in [0.25, 0.3) is 5.91 Å². The van der Waals surface area contributed by atoms with Gasteiger partial charge >= 0.3 is 0 Å². The van der Waals surface area contributed by atoms with E-state index in [0.29, 0.717) is 35.1 Å². The van der Waals surface area contributed by atoms with Crippen LogP contribution in [-0.2, 0) is 20.9 Å². The maximum Gasteiger partial charge on any atom is 0.251 e. The van der Waals surface area contributed by atoms with Crippen LogP contribution < -0.4 is 10.6 Å². The summed E-state index contributed by atoms with van der Waals surface area (Å²) >= 11 is 5.86. The lowest BCUT2D eigenvalue weighted by atomic mass is 10.0. The van der Waals surface area contributed by atoms with Crippen LogP contribution >= 0.6 is 11.6 Å². The lowest BCUT2D eigenvalue weighted by Gasteiger charge is -2.29. The Morgan fingerprint density at radius 3 is 2.62 bits per heavy atom. The minimum atomic E-state index is -0.781. The molecule has 1 aliphatic heterocycles. The molecule has 1 aliphatic rings. The Hall–Kier alpha value is -3.52. The van der Waals surface area contributed by atoms with Crippen molar-refractivity contribution in [3.05, 3.63) is 64.2 Å². The average molecular weight is 455 g/mol. The highest BCUT2D eigenvalue weighted by Crippen LogP contribution is 2.23. The highest BCUT2D eigenvalue weighted by Gasteiger charge is 2.32. The third-order valence-corrected chi connectivity index (χ3v) is 5.53. The van der Waals surface area contributed by atoms with Crippen LogP contribution in [0.2, 0.25) is 5.02 Å². The Morgan fingerprint density at radius 2 is 1.97 bits per heavy atom. The first-order valence-electron chi connectivity index (χ1n) is 10.0. The van der Waals surface area contributed by atoms with Gasteiger partial charge in [0.15, 0.2) is 0 Å². The van der Waals surface area contributed by atoms with Crippen molar-refractivity contribution in [2.24, 2.45) is 4.99 Å². The molecule has 1 saturated heterocycles. The van der Waals surface area contributed by atoms with Crippen LogP contribution in [0.5, 0.6) is 0 Å². The van der Waals surface area contributed by atoms with E-state index in [2.05, 4.69) is 15.6 Å². The molecule has 4 amide bonds. The predicted octanol–water partition coefficient (Wildman–Crippen LogP) is 2.89. The van der Waals surface area contributed by atoms with Gasteiger partial charge in [0.2, 0.25) is 18.2 Å². The second kappa shape index (κ2) is 10.2. The van der Waals surface area contributed by atoms with Gasteiger partial charge in [-0.15, -0.1) is 0 Å². The van der Waals surface area contributed by atoms with Gasteiger partial charge in [0.1, 0.15) is 11.9 Å². The number of hydrogen-bond acceptors (Lipinski definition) is 5. The highest BCUT2D eigenvalue weighted by molar-refractivity contribution is 6.30. The zero-order chi connectivity index (χ0) is 23.3. The van der Waals surface area contributed by atoms with Crippen molar-refractivity contribution in [1.29, 1.82) is 0 Å². The summed E-state index contributed by atoms with van der Waals surface area (Å²) in [5.74, 6) is -0.759. The summed E-state index contributed by atoms with van der Waals surface area (Å²) in [6, 6.07) is 11.3. The molecule has 0 saturated carbocycles. The van der Waals surface area contributed by atoms with Crippen LogP contribution in [0, 0.1) is 6.92 Å². The standard InChI is InChI=1S/C23H23ClN4O4/c1-14-17(12-25-22(31)16-6-8-18(24)9-7-16)4-3-5-19(14)26-15(2)28(13-29)20-10-11-21(30)27-23(20)32/h3-9,13,20H,10-12H2,1-2H3,(H,25,31)(H,27,30,32). The summed E-state index contributed by atoms with van der Waals surface area (Å²) in [6.45, 7) is 3.79. The summed E-state index contributed by atoms with van der Waals surface area (Å²) in [7, 11) is 0. The smallest absolute Gasteiger partial charge is 0.251 e. The average Bonchev–Trinajstić information content (AvgIpc) is 2.76. The summed E-state index contributed by atoms with van der Waals surface area (Å²) < 4.78 is 0. The number of carbonyl (C=O) groups is 4. The van der Waals surface area contributed by atoms with Gasteiger partial charge < -0.3 is 5.32 Å². The number of rotatable bonds is 6. The molecule has 9 heteroatoms. The van der Waals surface area contributed by atoms with Gasteiger partial charge in [-0.05, 0) is 61.7 Å². The number of hydrogen-bond donors (Lipinski definition) is 2. The van der Waals surface area contributed by atoms with E-state index in [0.717, 1.165) is 11.1 Å². The quantitative estimate of drug-likeness (QED) is 0.303. The first-order chi connectivity index (χ1) is 15.3. The number of nitrogens with zero attached hydrogens (tertiary/aromatic N) is 2. The van der Waals surface area contributed by atoms with Gasteiger partial charge in [0.05, 0.1) is 5.69 Å². The number of aliphatic imine (C=N–C) groups is 1. The number of carbonyl (C=O) groups excluding carboxylic acids is 4. The molecule has 0 bridgehead atoms. The van der Waals surface area contributed by atoms with Gasteiger partial charge in [-0.3, -0.25) is 29.4 Å². The van der Waals surface area contributed by atoms with Crippen LogP contribution in [0.4, 0.5) is 5.69 Å². The third kappa shape index (κ3) is 5.39. The zero-order valence-electron chi connectivity index (χ0n) is 17.7. The number of halogens is 1. The normalized spacial score (nSPS) is 16.3. The van der Waals surface area contributed by atoms with Gasteiger partial charge in [0, 0.05) is 23.6 Å². The molecule has 1 fully saturated rings. The van der Waals surface area contributed by atoms with E-state index >= 15 is 0 Å². The van der Waals surface area contributed by atoms with E-state index in [1.807, 2.05) is 13.0 Å². The molecule has 0 aromatic heterocycles. The fraction of sp³-hybridized carbons (Fsp3) is 0.261. The maximum atomic E-state index is 12.4. The molecule has 0 spiro atoms. The Labute approximate surface area is 190 Å². The van der Waals surface area contributed by atoms with Gasteiger partial charge in [-0.2, -0.15) is 0 Å². The third-order valence-electron chi connectivity index (χ3n) is 5.28. The molecule has 1 unspecified atom stereocenters. The van der Waals surface area contributed by atoms with Crippen LogP contribution in [0.3, 0.4) is 0 Å². The first-order valence-corrected chi connectivity index (χ1v) is 10.4. The second-order valence-corrected chi connectivity index (χ2v) is 7.83. The molecule has 2 aromatic carbocycles. The fourth-order valence-electron chi connectivity index (χ4n) is 3.42. The minimum absolute atomic E-state index is 0.163. The van der Waals surface area contributed by atoms with E-state index in [1.165, 1.54) is 4.90 Å². The van der Waals surface area contributed by atoms with Crippen LogP contribution in [-0.4, -0.2) is 40.9 Å². The Bertz CT molecular complexity index is 1080.